The van der Waals surface area contributed by atoms with Gasteiger partial charge in [0.05, 0.1) is 13.7 Å². The van der Waals surface area contributed by atoms with Crippen molar-refractivity contribution >= 4 is 23.1 Å². The van der Waals surface area contributed by atoms with Crippen molar-refractivity contribution in [2.75, 3.05) is 27.4 Å². The highest BCUT2D eigenvalue weighted by Gasteiger charge is 2.43. The molecule has 3 aromatic rings. The average Bonchev–Trinajstić information content (AvgIpc) is 3.91. The largest absolute Gasteiger partial charge is 0.496 e. The van der Waals surface area contributed by atoms with Gasteiger partial charge in [-0.05, 0) is 104 Å². The Balaban J connectivity index is 1.23. The lowest BCUT2D eigenvalue weighted by molar-refractivity contribution is -0.129. The van der Waals surface area contributed by atoms with Crippen molar-refractivity contribution in [2.24, 2.45) is 5.92 Å². The third kappa shape index (κ3) is 7.50. The molecule has 2 bridgehead atoms. The van der Waals surface area contributed by atoms with E-state index in [0.717, 1.165) is 83.4 Å². The van der Waals surface area contributed by atoms with E-state index in [1.807, 2.05) is 12.1 Å². The number of piperidine rings is 1. The molecular weight excluding hydrogens is 622 g/mol. The number of methoxy groups -OCH3 is 2. The number of fused-ring (bicyclic) bond motifs is 2. The number of halogens is 3. The molecule has 3 atom stereocenters. The van der Waals surface area contributed by atoms with Crippen LogP contribution in [0.3, 0.4) is 0 Å². The minimum atomic E-state index is -0.710. The van der Waals surface area contributed by atoms with Gasteiger partial charge in [0.25, 0.3) is 5.91 Å². The first-order valence-electron chi connectivity index (χ1n) is 16.5. The molecular formula is C38H43ClF2N2O4. The van der Waals surface area contributed by atoms with Crippen molar-refractivity contribution in [3.8, 4) is 11.5 Å². The van der Waals surface area contributed by atoms with Gasteiger partial charge in [-0.1, -0.05) is 48.0 Å². The summed E-state index contributed by atoms with van der Waals surface area (Å²) < 4.78 is 44.4. The van der Waals surface area contributed by atoms with Crippen LogP contribution in [0.15, 0.2) is 60.2 Å². The van der Waals surface area contributed by atoms with Gasteiger partial charge in [-0.15, -0.1) is 0 Å². The molecule has 1 N–H and O–H groups in total. The molecule has 3 aromatic carbocycles. The first-order valence-corrected chi connectivity index (χ1v) is 16.9. The lowest BCUT2D eigenvalue weighted by Crippen LogP contribution is -2.53. The maximum absolute atomic E-state index is 14.7. The molecule has 0 radical (unpaired) electrons. The number of ether oxygens (including phenoxy) is 3. The van der Waals surface area contributed by atoms with Crippen molar-refractivity contribution in [3.63, 3.8) is 0 Å². The molecule has 2 heterocycles. The summed E-state index contributed by atoms with van der Waals surface area (Å²) in [4.78, 5) is 16.8. The van der Waals surface area contributed by atoms with E-state index in [1.54, 1.807) is 14.2 Å². The summed E-state index contributed by atoms with van der Waals surface area (Å²) in [6.45, 7) is 3.50. The van der Waals surface area contributed by atoms with Gasteiger partial charge < -0.3 is 24.4 Å². The van der Waals surface area contributed by atoms with Gasteiger partial charge in [-0.25, -0.2) is 8.78 Å². The summed E-state index contributed by atoms with van der Waals surface area (Å²) in [5.41, 5.74) is 6.33. The number of benzene rings is 3. The first kappa shape index (κ1) is 33.4. The van der Waals surface area contributed by atoms with E-state index in [4.69, 9.17) is 25.8 Å². The summed E-state index contributed by atoms with van der Waals surface area (Å²) in [7, 11) is 3.43. The fourth-order valence-corrected chi connectivity index (χ4v) is 7.40. The molecule has 47 heavy (non-hydrogen) atoms. The van der Waals surface area contributed by atoms with Crippen molar-refractivity contribution in [3.05, 3.63) is 99.1 Å². The number of nitrogens with zero attached hydrogens (tertiary/aromatic N) is 1. The first-order chi connectivity index (χ1) is 22.8. The van der Waals surface area contributed by atoms with Gasteiger partial charge in [0, 0.05) is 44.0 Å². The molecule has 1 amide bonds. The zero-order valence-electron chi connectivity index (χ0n) is 27.3. The second-order valence-electron chi connectivity index (χ2n) is 13.0. The van der Waals surface area contributed by atoms with Gasteiger partial charge in [-0.3, -0.25) is 4.79 Å². The highest BCUT2D eigenvalue weighted by Crippen LogP contribution is 2.41. The zero-order valence-corrected chi connectivity index (χ0v) is 28.0. The molecule has 3 aliphatic rings. The lowest BCUT2D eigenvalue weighted by atomic mass is 9.75. The minimum absolute atomic E-state index is 0.0373. The van der Waals surface area contributed by atoms with Crippen LogP contribution in [0, 0.1) is 24.5 Å². The molecule has 2 aliphatic heterocycles. The second kappa shape index (κ2) is 14.8. The molecule has 3 unspecified atom stereocenters. The average molecular weight is 665 g/mol. The number of carbonyl (C=O) groups is 1. The summed E-state index contributed by atoms with van der Waals surface area (Å²) in [6, 6.07) is 16.9. The van der Waals surface area contributed by atoms with Gasteiger partial charge >= 0.3 is 0 Å². The quantitative estimate of drug-likeness (QED) is 0.150. The highest BCUT2D eigenvalue weighted by molar-refractivity contribution is 6.32. The maximum atomic E-state index is 14.7. The second-order valence-corrected chi connectivity index (χ2v) is 13.4. The molecule has 2 fully saturated rings. The van der Waals surface area contributed by atoms with Crippen LogP contribution in [0.25, 0.3) is 5.57 Å². The van der Waals surface area contributed by atoms with Gasteiger partial charge in [0.2, 0.25) is 0 Å². The summed E-state index contributed by atoms with van der Waals surface area (Å²) >= 11 is 5.89. The Bertz CT molecular complexity index is 1620. The Morgan fingerprint density at radius 2 is 1.79 bits per heavy atom. The van der Waals surface area contributed by atoms with E-state index < -0.39 is 11.6 Å². The number of rotatable bonds is 13. The third-order valence-electron chi connectivity index (χ3n) is 9.75. The molecule has 1 saturated carbocycles. The third-order valence-corrected chi connectivity index (χ3v) is 10.1. The van der Waals surface area contributed by atoms with E-state index in [-0.39, 0.29) is 41.4 Å². The van der Waals surface area contributed by atoms with Crippen molar-refractivity contribution < 1.29 is 27.8 Å². The molecule has 6 nitrogen and oxygen atoms in total. The Labute approximate surface area is 281 Å². The van der Waals surface area contributed by atoms with Crippen molar-refractivity contribution in [2.45, 2.75) is 76.5 Å². The monoisotopic (exact) mass is 664 g/mol. The number of hydrogen-bond acceptors (Lipinski definition) is 5. The van der Waals surface area contributed by atoms with Crippen LogP contribution < -0.4 is 14.8 Å². The molecule has 6 rings (SSSR count). The molecule has 1 saturated heterocycles. The van der Waals surface area contributed by atoms with Crippen LogP contribution in [0.4, 0.5) is 8.78 Å². The summed E-state index contributed by atoms with van der Waals surface area (Å²) in [5.74, 6) is -0.299. The Morgan fingerprint density at radius 1 is 1.02 bits per heavy atom. The van der Waals surface area contributed by atoms with Crippen LogP contribution in [-0.4, -0.2) is 56.4 Å². The van der Waals surface area contributed by atoms with E-state index in [1.165, 1.54) is 0 Å². The smallest absolute Gasteiger partial charge is 0.252 e. The normalized spacial score (nSPS) is 20.7. The predicted octanol–water partition coefficient (Wildman–Crippen LogP) is 7.68. The summed E-state index contributed by atoms with van der Waals surface area (Å²) in [5, 5.41) is 3.46. The van der Waals surface area contributed by atoms with E-state index in [2.05, 4.69) is 47.5 Å². The fourth-order valence-electron chi connectivity index (χ4n) is 7.19. The molecule has 1 aliphatic carbocycles. The number of amides is 1. The van der Waals surface area contributed by atoms with Crippen LogP contribution >= 0.6 is 11.6 Å². The topological polar surface area (TPSA) is 60.0 Å². The Morgan fingerprint density at radius 3 is 2.51 bits per heavy atom. The lowest BCUT2D eigenvalue weighted by Gasteiger charge is -2.43. The highest BCUT2D eigenvalue weighted by atomic mass is 35.5. The number of carbonyl (C=O) groups excluding carboxylic acids is 1. The molecule has 0 spiro atoms. The number of aryl methyl sites for hydroxylation is 1. The van der Waals surface area contributed by atoms with E-state index >= 15 is 0 Å². The standard InChI is InChI=1S/C38H43ClF2N2O4/c1-23-27(7-4-8-34(23)46-3)21-43(29-13-14-29)38(44)35-30(20-28-18-25(22-45-2)19-33(35)42-28)26-11-9-24(10-12-26)6-5-17-47-37-32(41)16-15-31(40)36(37)39/h4,7-12,15-16,25,28-29,33,42H,5-6,13-14,17-22H2,1-3H3. The SMILES string of the molecule is COCC1CC2CC(c3ccc(CCCOc4c(F)ccc(F)c4Cl)cc3)=C(C(=O)N(Cc3cccc(OC)c3C)C3CC3)C(C1)N2. The molecule has 0 aromatic heterocycles. The van der Waals surface area contributed by atoms with Crippen LogP contribution in [0.2, 0.25) is 5.02 Å². The molecule has 250 valence electrons. The van der Waals surface area contributed by atoms with Crippen LogP contribution in [-0.2, 0) is 22.5 Å². The maximum Gasteiger partial charge on any atom is 0.252 e. The van der Waals surface area contributed by atoms with Crippen LogP contribution in [0.5, 0.6) is 11.5 Å². The van der Waals surface area contributed by atoms with E-state index in [9.17, 15) is 13.6 Å². The Hall–Kier alpha value is -3.46. The van der Waals surface area contributed by atoms with Gasteiger partial charge in [0.1, 0.15) is 16.6 Å². The minimum Gasteiger partial charge on any atom is -0.496 e. The van der Waals surface area contributed by atoms with Gasteiger partial charge in [0.15, 0.2) is 11.6 Å². The number of hydrogen-bond donors (Lipinski definition) is 1. The number of nitrogens with one attached hydrogen (secondary N) is 1. The van der Waals surface area contributed by atoms with E-state index in [0.29, 0.717) is 31.9 Å². The zero-order chi connectivity index (χ0) is 33.1. The van der Waals surface area contributed by atoms with Crippen LogP contribution in [0.1, 0.15) is 60.8 Å². The fraction of sp³-hybridized carbons (Fsp3) is 0.447. The molecule has 9 heteroatoms. The van der Waals surface area contributed by atoms with Crippen molar-refractivity contribution in [1.29, 1.82) is 0 Å². The Kier molecular flexibility index (Phi) is 10.5. The predicted molar refractivity (Wildman–Crippen MR) is 180 cm³/mol. The summed E-state index contributed by atoms with van der Waals surface area (Å²) in [6.07, 6.45) is 5.98. The van der Waals surface area contributed by atoms with Gasteiger partial charge in [-0.2, -0.15) is 0 Å². The van der Waals surface area contributed by atoms with Crippen molar-refractivity contribution in [1.82, 2.24) is 10.2 Å².